The van der Waals surface area contributed by atoms with Crippen molar-refractivity contribution in [3.63, 3.8) is 0 Å². The molecule has 104 valence electrons. The Morgan fingerprint density at radius 1 is 1.53 bits per heavy atom. The lowest BCUT2D eigenvalue weighted by molar-refractivity contribution is -0.384. The summed E-state index contributed by atoms with van der Waals surface area (Å²) < 4.78 is 0. The Morgan fingerprint density at radius 2 is 2.32 bits per heavy atom. The van der Waals surface area contributed by atoms with E-state index in [2.05, 4.69) is 10.6 Å². The average molecular weight is 286 g/mol. The number of halogens is 1. The van der Waals surface area contributed by atoms with Gasteiger partial charge in [0.15, 0.2) is 0 Å². The summed E-state index contributed by atoms with van der Waals surface area (Å²) in [6, 6.07) is 5.76. The first-order chi connectivity index (χ1) is 8.66. The van der Waals surface area contributed by atoms with Crippen LogP contribution in [-0.2, 0) is 0 Å². The van der Waals surface area contributed by atoms with E-state index in [9.17, 15) is 14.9 Å². The zero-order valence-electron chi connectivity index (χ0n) is 10.3. The Bertz CT molecular complexity index is 461. The standard InChI is InChI=1S/C12H15N3O3.ClH/c16-12(14-8-9-4-5-13-7-9)10-2-1-3-11(6-10)15(17)18;/h1-3,6,9,13H,4-5,7-8H2,(H,14,16);1H. The van der Waals surface area contributed by atoms with E-state index in [1.165, 1.54) is 18.2 Å². The molecule has 1 fully saturated rings. The smallest absolute Gasteiger partial charge is 0.270 e. The second-order valence-corrected chi connectivity index (χ2v) is 4.38. The summed E-state index contributed by atoms with van der Waals surface area (Å²) in [6.07, 6.45) is 1.05. The second-order valence-electron chi connectivity index (χ2n) is 4.38. The molecule has 0 saturated carbocycles. The van der Waals surface area contributed by atoms with Crippen molar-refractivity contribution in [2.75, 3.05) is 19.6 Å². The first kappa shape index (κ1) is 15.4. The molecule has 1 unspecified atom stereocenters. The molecular weight excluding hydrogens is 270 g/mol. The summed E-state index contributed by atoms with van der Waals surface area (Å²) in [6.45, 7) is 2.50. The molecule has 19 heavy (non-hydrogen) atoms. The number of benzene rings is 1. The van der Waals surface area contributed by atoms with Crippen LogP contribution < -0.4 is 10.6 Å². The minimum absolute atomic E-state index is 0. The van der Waals surface area contributed by atoms with Crippen LogP contribution in [0, 0.1) is 16.0 Å². The molecule has 1 aromatic rings. The Hall–Kier alpha value is -1.66. The van der Waals surface area contributed by atoms with Gasteiger partial charge in [0.2, 0.25) is 0 Å². The molecule has 0 radical (unpaired) electrons. The van der Waals surface area contributed by atoms with E-state index in [1.807, 2.05) is 0 Å². The SMILES string of the molecule is Cl.O=C(NCC1CCNC1)c1cccc([N+](=O)[O-])c1. The fourth-order valence-electron chi connectivity index (χ4n) is 1.99. The van der Waals surface area contributed by atoms with Crippen LogP contribution in [0.3, 0.4) is 0 Å². The van der Waals surface area contributed by atoms with E-state index in [4.69, 9.17) is 0 Å². The van der Waals surface area contributed by atoms with Crippen molar-refractivity contribution < 1.29 is 9.72 Å². The van der Waals surface area contributed by atoms with Crippen molar-refractivity contribution in [3.05, 3.63) is 39.9 Å². The number of amides is 1. The van der Waals surface area contributed by atoms with Gasteiger partial charge in [-0.3, -0.25) is 14.9 Å². The Labute approximate surface area is 117 Å². The Kier molecular flexibility index (Phi) is 5.72. The molecule has 1 saturated heterocycles. The summed E-state index contributed by atoms with van der Waals surface area (Å²) in [4.78, 5) is 21.9. The number of carbonyl (C=O) groups is 1. The topological polar surface area (TPSA) is 84.3 Å². The highest BCUT2D eigenvalue weighted by Crippen LogP contribution is 2.13. The van der Waals surface area contributed by atoms with Gasteiger partial charge in [-0.25, -0.2) is 0 Å². The van der Waals surface area contributed by atoms with E-state index in [-0.39, 0.29) is 24.0 Å². The van der Waals surface area contributed by atoms with Gasteiger partial charge in [-0.15, -0.1) is 12.4 Å². The van der Waals surface area contributed by atoms with Crippen LogP contribution in [0.4, 0.5) is 5.69 Å². The number of non-ortho nitro benzene ring substituents is 1. The van der Waals surface area contributed by atoms with Crippen molar-refractivity contribution in [3.8, 4) is 0 Å². The predicted molar refractivity (Wildman–Crippen MR) is 73.7 cm³/mol. The van der Waals surface area contributed by atoms with E-state index < -0.39 is 4.92 Å². The fraction of sp³-hybridized carbons (Fsp3) is 0.417. The molecule has 1 aliphatic rings. The minimum atomic E-state index is -0.502. The van der Waals surface area contributed by atoms with Crippen LogP contribution in [0.2, 0.25) is 0 Å². The monoisotopic (exact) mass is 285 g/mol. The number of nitro benzene ring substituents is 1. The van der Waals surface area contributed by atoms with Gasteiger partial charge >= 0.3 is 0 Å². The van der Waals surface area contributed by atoms with E-state index in [0.29, 0.717) is 18.0 Å². The van der Waals surface area contributed by atoms with Gasteiger partial charge in [0.05, 0.1) is 4.92 Å². The zero-order valence-corrected chi connectivity index (χ0v) is 11.1. The van der Waals surface area contributed by atoms with Crippen molar-refractivity contribution in [2.45, 2.75) is 6.42 Å². The van der Waals surface area contributed by atoms with Crippen LogP contribution in [0.1, 0.15) is 16.8 Å². The van der Waals surface area contributed by atoms with Crippen molar-refractivity contribution >= 4 is 24.0 Å². The highest BCUT2D eigenvalue weighted by molar-refractivity contribution is 5.94. The molecule has 1 atom stereocenters. The van der Waals surface area contributed by atoms with Gasteiger partial charge in [-0.2, -0.15) is 0 Å². The number of nitro groups is 1. The van der Waals surface area contributed by atoms with Crippen molar-refractivity contribution in [1.29, 1.82) is 0 Å². The lowest BCUT2D eigenvalue weighted by Gasteiger charge is -2.09. The lowest BCUT2D eigenvalue weighted by atomic mass is 10.1. The number of nitrogens with zero attached hydrogens (tertiary/aromatic N) is 1. The number of hydrogen-bond acceptors (Lipinski definition) is 4. The molecule has 0 spiro atoms. The van der Waals surface area contributed by atoms with Crippen LogP contribution in [0.25, 0.3) is 0 Å². The summed E-state index contributed by atoms with van der Waals surface area (Å²) in [7, 11) is 0. The maximum absolute atomic E-state index is 11.8. The molecule has 1 amide bonds. The first-order valence-corrected chi connectivity index (χ1v) is 5.90. The van der Waals surface area contributed by atoms with E-state index in [0.717, 1.165) is 19.5 Å². The molecular formula is C12H16ClN3O3. The molecule has 6 nitrogen and oxygen atoms in total. The molecule has 0 aliphatic carbocycles. The van der Waals surface area contributed by atoms with Crippen LogP contribution >= 0.6 is 12.4 Å². The first-order valence-electron chi connectivity index (χ1n) is 5.90. The number of carbonyl (C=O) groups excluding carboxylic acids is 1. The van der Waals surface area contributed by atoms with E-state index >= 15 is 0 Å². The molecule has 2 rings (SSSR count). The molecule has 0 aromatic heterocycles. The lowest BCUT2D eigenvalue weighted by Crippen LogP contribution is -2.30. The molecule has 1 aliphatic heterocycles. The van der Waals surface area contributed by atoms with Crippen molar-refractivity contribution in [1.82, 2.24) is 10.6 Å². The Balaban J connectivity index is 0.00000180. The predicted octanol–water partition coefficient (Wildman–Crippen LogP) is 1.36. The third-order valence-corrected chi connectivity index (χ3v) is 3.03. The summed E-state index contributed by atoms with van der Waals surface area (Å²) in [5, 5.41) is 16.6. The minimum Gasteiger partial charge on any atom is -0.352 e. The molecule has 7 heteroatoms. The van der Waals surface area contributed by atoms with E-state index in [1.54, 1.807) is 6.07 Å². The van der Waals surface area contributed by atoms with Gasteiger partial charge < -0.3 is 10.6 Å². The normalized spacial score (nSPS) is 17.6. The largest absolute Gasteiger partial charge is 0.352 e. The quantitative estimate of drug-likeness (QED) is 0.646. The highest BCUT2D eigenvalue weighted by Gasteiger charge is 2.16. The van der Waals surface area contributed by atoms with Gasteiger partial charge in [0.25, 0.3) is 11.6 Å². The van der Waals surface area contributed by atoms with Crippen molar-refractivity contribution in [2.24, 2.45) is 5.92 Å². The molecule has 2 N–H and O–H groups in total. The number of hydrogen-bond donors (Lipinski definition) is 2. The maximum atomic E-state index is 11.8. The number of rotatable bonds is 4. The third kappa shape index (κ3) is 4.18. The van der Waals surface area contributed by atoms with Crippen LogP contribution in [-0.4, -0.2) is 30.5 Å². The zero-order chi connectivity index (χ0) is 13.0. The summed E-state index contributed by atoms with van der Waals surface area (Å²) in [5.41, 5.74) is 0.264. The van der Waals surface area contributed by atoms with Crippen LogP contribution in [0.5, 0.6) is 0 Å². The van der Waals surface area contributed by atoms with Gasteiger partial charge in [0, 0.05) is 24.2 Å². The summed E-state index contributed by atoms with van der Waals surface area (Å²) in [5.74, 6) is 0.193. The van der Waals surface area contributed by atoms with Gasteiger partial charge in [0.1, 0.15) is 0 Å². The summed E-state index contributed by atoms with van der Waals surface area (Å²) >= 11 is 0. The number of nitrogens with one attached hydrogen (secondary N) is 2. The Morgan fingerprint density at radius 3 is 2.95 bits per heavy atom. The average Bonchev–Trinajstić information content (AvgIpc) is 2.89. The van der Waals surface area contributed by atoms with Crippen LogP contribution in [0.15, 0.2) is 24.3 Å². The molecule has 0 bridgehead atoms. The second kappa shape index (κ2) is 7.06. The fourth-order valence-corrected chi connectivity index (χ4v) is 1.99. The van der Waals surface area contributed by atoms with Gasteiger partial charge in [-0.05, 0) is 31.5 Å². The van der Waals surface area contributed by atoms with Gasteiger partial charge in [-0.1, -0.05) is 6.07 Å². The molecule has 1 heterocycles. The highest BCUT2D eigenvalue weighted by atomic mass is 35.5. The molecule has 1 aromatic carbocycles. The maximum Gasteiger partial charge on any atom is 0.270 e. The third-order valence-electron chi connectivity index (χ3n) is 3.03.